The van der Waals surface area contributed by atoms with Crippen LogP contribution >= 0.6 is 11.3 Å². The van der Waals surface area contributed by atoms with E-state index in [2.05, 4.69) is 43.5 Å². The van der Waals surface area contributed by atoms with Gasteiger partial charge in [-0.25, -0.2) is 19.3 Å². The molecule has 0 amide bonds. The third-order valence-electron chi connectivity index (χ3n) is 8.46. The summed E-state index contributed by atoms with van der Waals surface area (Å²) < 4.78 is 59.9. The highest BCUT2D eigenvalue weighted by Gasteiger charge is 2.33. The number of alkyl halides is 3. The maximum Gasteiger partial charge on any atom is 0.416 e. The maximum atomic E-state index is 14.4. The van der Waals surface area contributed by atoms with E-state index in [4.69, 9.17) is 4.74 Å². The van der Waals surface area contributed by atoms with E-state index in [0.29, 0.717) is 60.5 Å². The van der Waals surface area contributed by atoms with Crippen LogP contribution in [0.4, 0.5) is 23.4 Å². The molecule has 5 rings (SSSR count). The summed E-state index contributed by atoms with van der Waals surface area (Å²) in [7, 11) is 0. The molecule has 2 aliphatic heterocycles. The van der Waals surface area contributed by atoms with Crippen LogP contribution in [-0.4, -0.2) is 87.9 Å². The first-order valence-electron chi connectivity index (χ1n) is 15.5. The van der Waals surface area contributed by atoms with Crippen molar-refractivity contribution in [1.82, 2.24) is 24.8 Å². The Hall–Kier alpha value is -3.49. The molecule has 0 unspecified atom stereocenters. The zero-order chi connectivity index (χ0) is 33.0. The molecule has 2 fully saturated rings. The molecule has 4 heterocycles. The van der Waals surface area contributed by atoms with Crippen molar-refractivity contribution in [3.05, 3.63) is 57.6 Å². The number of rotatable bonds is 11. The lowest BCUT2D eigenvalue weighted by Gasteiger charge is -2.40. The molecule has 2 saturated heterocycles. The van der Waals surface area contributed by atoms with Crippen molar-refractivity contribution in [3.8, 4) is 11.3 Å². The SMILES string of the molecule is CCOC(=O)CCN1CCN(c2cnc(C(=O)Cc3nc(-c4cc(F)cc(C(F)(F)F)c4)c(CN4CCC[C@H]4C)s3)cn2)[C@H](C)C1. The van der Waals surface area contributed by atoms with Gasteiger partial charge in [-0.2, -0.15) is 13.2 Å². The summed E-state index contributed by atoms with van der Waals surface area (Å²) in [5.74, 6) is -0.898. The number of halogens is 4. The van der Waals surface area contributed by atoms with Gasteiger partial charge in [0, 0.05) is 55.2 Å². The molecule has 3 aromatic rings. The van der Waals surface area contributed by atoms with Crippen LogP contribution in [0.3, 0.4) is 0 Å². The molecule has 0 spiro atoms. The number of carbonyl (C=O) groups is 2. The molecule has 2 atom stereocenters. The van der Waals surface area contributed by atoms with Crippen LogP contribution in [0.15, 0.2) is 30.6 Å². The van der Waals surface area contributed by atoms with Gasteiger partial charge in [0.1, 0.15) is 22.3 Å². The summed E-state index contributed by atoms with van der Waals surface area (Å²) >= 11 is 1.25. The molecule has 0 saturated carbocycles. The fourth-order valence-electron chi connectivity index (χ4n) is 6.01. The van der Waals surface area contributed by atoms with Gasteiger partial charge in [0.05, 0.1) is 43.1 Å². The van der Waals surface area contributed by atoms with Crippen LogP contribution in [0.25, 0.3) is 11.3 Å². The summed E-state index contributed by atoms with van der Waals surface area (Å²) in [6, 6.07) is 2.84. The van der Waals surface area contributed by atoms with Crippen molar-refractivity contribution >= 4 is 28.9 Å². The topological polar surface area (TPSA) is 91.8 Å². The van der Waals surface area contributed by atoms with Crippen molar-refractivity contribution in [2.45, 2.75) is 71.3 Å². The second kappa shape index (κ2) is 14.5. The Morgan fingerprint density at radius 2 is 1.87 bits per heavy atom. The number of esters is 1. The third-order valence-corrected chi connectivity index (χ3v) is 9.50. The number of nitrogens with zero attached hydrogens (tertiary/aromatic N) is 6. The van der Waals surface area contributed by atoms with Crippen molar-refractivity contribution < 1.29 is 31.9 Å². The van der Waals surface area contributed by atoms with Gasteiger partial charge in [-0.05, 0) is 58.4 Å². The van der Waals surface area contributed by atoms with Crippen LogP contribution in [0.5, 0.6) is 0 Å². The Morgan fingerprint density at radius 1 is 1.07 bits per heavy atom. The van der Waals surface area contributed by atoms with E-state index in [-0.39, 0.29) is 41.2 Å². The number of thiazole rings is 1. The summed E-state index contributed by atoms with van der Waals surface area (Å²) in [6.45, 7) is 10.4. The van der Waals surface area contributed by atoms with Crippen LogP contribution in [0.1, 0.15) is 66.0 Å². The second-order valence-corrected chi connectivity index (χ2v) is 13.0. The first-order chi connectivity index (χ1) is 21.9. The monoisotopic (exact) mass is 662 g/mol. The first-order valence-corrected chi connectivity index (χ1v) is 16.3. The van der Waals surface area contributed by atoms with Gasteiger partial charge in [0.25, 0.3) is 0 Å². The number of aromatic nitrogens is 3. The lowest BCUT2D eigenvalue weighted by atomic mass is 10.1. The molecule has 0 bridgehead atoms. The Bertz CT molecular complexity index is 1530. The summed E-state index contributed by atoms with van der Waals surface area (Å²) in [5, 5.41) is 0.415. The number of ketones is 1. The van der Waals surface area contributed by atoms with Crippen LogP contribution in [0, 0.1) is 5.82 Å². The predicted molar refractivity (Wildman–Crippen MR) is 166 cm³/mol. The Balaban J connectivity index is 1.29. The van der Waals surface area contributed by atoms with Gasteiger partial charge < -0.3 is 9.64 Å². The van der Waals surface area contributed by atoms with E-state index in [1.165, 1.54) is 17.5 Å². The summed E-state index contributed by atoms with van der Waals surface area (Å²) in [6.07, 6.45) is 0.535. The van der Waals surface area contributed by atoms with Gasteiger partial charge in [0.15, 0.2) is 5.78 Å². The lowest BCUT2D eigenvalue weighted by Crippen LogP contribution is -2.52. The highest BCUT2D eigenvalue weighted by molar-refractivity contribution is 7.12. The second-order valence-electron chi connectivity index (χ2n) is 11.8. The molecule has 46 heavy (non-hydrogen) atoms. The summed E-state index contributed by atoms with van der Waals surface area (Å²) in [5.41, 5.74) is -0.644. The Labute approximate surface area is 269 Å². The van der Waals surface area contributed by atoms with Crippen molar-refractivity contribution in [2.75, 3.05) is 44.2 Å². The number of Topliss-reactive ketones (excluding diaryl/α,β-unsaturated/α-hetero) is 1. The standard InChI is InChI=1S/C32H38F4N6O3S/c1-4-45-30(44)7-9-40-10-11-42(21(3)18-40)28-17-37-25(16-38-28)26(43)15-29-39-31(27(46-29)19-41-8-5-6-20(41)2)22-12-23(32(34,35)36)14-24(33)13-22/h12-14,16-17,20-21H,4-11,15,18-19H2,1-3H3/t20-,21-/m1/s1. The number of benzene rings is 1. The molecule has 248 valence electrons. The fourth-order valence-corrected chi connectivity index (χ4v) is 7.13. The van der Waals surface area contributed by atoms with E-state index < -0.39 is 17.6 Å². The molecule has 0 radical (unpaired) electrons. The molecule has 2 aliphatic rings. The molecule has 14 heteroatoms. The minimum Gasteiger partial charge on any atom is -0.466 e. The van der Waals surface area contributed by atoms with E-state index in [0.717, 1.165) is 44.6 Å². The summed E-state index contributed by atoms with van der Waals surface area (Å²) in [4.78, 5) is 45.7. The zero-order valence-corrected chi connectivity index (χ0v) is 27.0. The van der Waals surface area contributed by atoms with Crippen LogP contribution < -0.4 is 4.90 Å². The molecular weight excluding hydrogens is 624 g/mol. The van der Waals surface area contributed by atoms with Crippen molar-refractivity contribution in [2.24, 2.45) is 0 Å². The zero-order valence-electron chi connectivity index (χ0n) is 26.1. The van der Waals surface area contributed by atoms with E-state index in [9.17, 15) is 27.2 Å². The smallest absolute Gasteiger partial charge is 0.416 e. The number of carbonyl (C=O) groups excluding carboxylic acids is 2. The van der Waals surface area contributed by atoms with Gasteiger partial charge in [-0.1, -0.05) is 0 Å². The highest BCUT2D eigenvalue weighted by atomic mass is 32.1. The third kappa shape index (κ3) is 8.26. The van der Waals surface area contributed by atoms with Crippen LogP contribution in [0.2, 0.25) is 0 Å². The van der Waals surface area contributed by atoms with E-state index >= 15 is 0 Å². The number of piperazine rings is 1. The Kier molecular flexibility index (Phi) is 10.7. The number of hydrogen-bond acceptors (Lipinski definition) is 10. The maximum absolute atomic E-state index is 14.4. The lowest BCUT2D eigenvalue weighted by molar-refractivity contribution is -0.143. The quantitative estimate of drug-likeness (QED) is 0.147. The average Bonchev–Trinajstić information content (AvgIpc) is 3.60. The Morgan fingerprint density at radius 3 is 2.52 bits per heavy atom. The largest absolute Gasteiger partial charge is 0.466 e. The molecular formula is C32H38F4N6O3S. The number of likely N-dealkylation sites (tertiary alicyclic amines) is 1. The minimum atomic E-state index is -4.71. The average molecular weight is 663 g/mol. The number of hydrogen-bond donors (Lipinski definition) is 0. The normalized spacial score (nSPS) is 19.5. The number of anilines is 1. The van der Waals surface area contributed by atoms with Crippen molar-refractivity contribution in [1.29, 1.82) is 0 Å². The highest BCUT2D eigenvalue weighted by Crippen LogP contribution is 2.37. The molecule has 0 aliphatic carbocycles. The molecule has 2 aromatic heterocycles. The predicted octanol–water partition coefficient (Wildman–Crippen LogP) is 5.63. The van der Waals surface area contributed by atoms with Crippen molar-refractivity contribution in [3.63, 3.8) is 0 Å². The molecule has 9 nitrogen and oxygen atoms in total. The van der Waals surface area contributed by atoms with Gasteiger partial charge in [-0.3, -0.25) is 19.4 Å². The fraction of sp³-hybridized carbons (Fsp3) is 0.531. The van der Waals surface area contributed by atoms with E-state index in [1.807, 2.05) is 0 Å². The first kappa shape index (κ1) is 33.9. The van der Waals surface area contributed by atoms with Gasteiger partial charge in [0.2, 0.25) is 0 Å². The number of ether oxygens (including phenoxy) is 1. The van der Waals surface area contributed by atoms with Gasteiger partial charge >= 0.3 is 12.1 Å². The molecule has 0 N–H and O–H groups in total. The van der Waals surface area contributed by atoms with Gasteiger partial charge in [-0.15, -0.1) is 11.3 Å². The molecule has 1 aromatic carbocycles. The minimum absolute atomic E-state index is 0.0309. The van der Waals surface area contributed by atoms with Crippen LogP contribution in [-0.2, 0) is 28.7 Å². The van der Waals surface area contributed by atoms with E-state index in [1.54, 1.807) is 13.1 Å².